The highest BCUT2D eigenvalue weighted by atomic mass is 35.5. The maximum absolute atomic E-state index is 12.6. The van der Waals surface area contributed by atoms with Gasteiger partial charge in [-0.1, -0.05) is 11.6 Å². The summed E-state index contributed by atoms with van der Waals surface area (Å²) in [5, 5.41) is 9.32. The molecule has 1 aromatic carbocycles. The van der Waals surface area contributed by atoms with Gasteiger partial charge in [0.2, 0.25) is 10.0 Å². The predicted octanol–water partition coefficient (Wildman–Crippen LogP) is 0.560. The zero-order valence-corrected chi connectivity index (χ0v) is 12.2. The van der Waals surface area contributed by atoms with Crippen LogP contribution in [0.25, 0.3) is 0 Å². The predicted molar refractivity (Wildman–Crippen MR) is 73.7 cm³/mol. The summed E-state index contributed by atoms with van der Waals surface area (Å²) in [4.78, 5) is -0.0785. The van der Waals surface area contributed by atoms with E-state index in [1.165, 1.54) is 22.5 Å². The summed E-state index contributed by atoms with van der Waals surface area (Å²) >= 11 is 5.84. The van der Waals surface area contributed by atoms with E-state index in [1.54, 1.807) is 0 Å². The van der Waals surface area contributed by atoms with Crippen LogP contribution < -0.4 is 5.73 Å². The maximum Gasteiger partial charge on any atom is 0.244 e. The molecule has 6 nitrogen and oxygen atoms in total. The van der Waals surface area contributed by atoms with Gasteiger partial charge in [-0.2, -0.15) is 9.57 Å². The van der Waals surface area contributed by atoms with Crippen molar-refractivity contribution in [2.45, 2.75) is 11.0 Å². The van der Waals surface area contributed by atoms with E-state index in [0.717, 1.165) is 0 Å². The summed E-state index contributed by atoms with van der Waals surface area (Å²) in [5.41, 5.74) is 5.58. The molecule has 20 heavy (non-hydrogen) atoms. The van der Waals surface area contributed by atoms with E-state index in [2.05, 4.69) is 0 Å². The number of benzene rings is 1. The van der Waals surface area contributed by atoms with Crippen molar-refractivity contribution < 1.29 is 13.2 Å². The number of ether oxygens (including phenoxy) is 1. The Hall–Kier alpha value is -1.17. The quantitative estimate of drug-likeness (QED) is 0.879. The number of hydrogen-bond donors (Lipinski definition) is 1. The lowest BCUT2D eigenvalue weighted by Crippen LogP contribution is -2.48. The van der Waals surface area contributed by atoms with Gasteiger partial charge in [-0.05, 0) is 18.2 Å². The molecule has 1 aliphatic heterocycles. The fourth-order valence-corrected chi connectivity index (χ4v) is 3.85. The zero-order chi connectivity index (χ0) is 14.8. The van der Waals surface area contributed by atoms with E-state index >= 15 is 0 Å². The maximum atomic E-state index is 12.6. The highest BCUT2D eigenvalue weighted by Crippen LogP contribution is 2.25. The van der Waals surface area contributed by atoms with Crippen LogP contribution in [0.5, 0.6) is 0 Å². The van der Waals surface area contributed by atoms with Crippen molar-refractivity contribution in [3.8, 4) is 6.07 Å². The van der Waals surface area contributed by atoms with E-state index in [9.17, 15) is 8.42 Å². The molecule has 1 fully saturated rings. The average molecular weight is 316 g/mol. The number of rotatable bonds is 3. The Balaban J connectivity index is 2.40. The molecule has 1 saturated heterocycles. The van der Waals surface area contributed by atoms with Gasteiger partial charge in [0.25, 0.3) is 0 Å². The molecule has 0 spiro atoms. The van der Waals surface area contributed by atoms with Crippen molar-refractivity contribution in [3.05, 3.63) is 28.8 Å². The van der Waals surface area contributed by atoms with Crippen molar-refractivity contribution in [1.29, 1.82) is 5.26 Å². The standard InChI is InChI=1S/C12H14ClN3O3S/c13-10-2-1-9(6-14)12(5-10)20(17,18)16-3-4-19-11(7-15)8-16/h1-2,5,11H,3-4,7-8,15H2. The van der Waals surface area contributed by atoms with Crippen LogP contribution in [0.15, 0.2) is 23.1 Å². The van der Waals surface area contributed by atoms with Gasteiger partial charge < -0.3 is 10.5 Å². The second-order valence-corrected chi connectivity index (χ2v) is 6.69. The van der Waals surface area contributed by atoms with E-state index in [4.69, 9.17) is 27.3 Å². The summed E-state index contributed by atoms with van der Waals surface area (Å²) < 4.78 is 31.8. The van der Waals surface area contributed by atoms with Gasteiger partial charge in [-0.25, -0.2) is 8.42 Å². The molecule has 8 heteroatoms. The molecular weight excluding hydrogens is 302 g/mol. The third kappa shape index (κ3) is 2.95. The van der Waals surface area contributed by atoms with Crippen molar-refractivity contribution in [2.24, 2.45) is 5.73 Å². The Kier molecular flexibility index (Phi) is 4.62. The molecule has 108 valence electrons. The monoisotopic (exact) mass is 315 g/mol. The smallest absolute Gasteiger partial charge is 0.244 e. The minimum Gasteiger partial charge on any atom is -0.374 e. The van der Waals surface area contributed by atoms with Crippen LogP contribution in [0.1, 0.15) is 5.56 Å². The molecule has 2 N–H and O–H groups in total. The zero-order valence-electron chi connectivity index (χ0n) is 10.6. The highest BCUT2D eigenvalue weighted by Gasteiger charge is 2.32. The molecule has 0 saturated carbocycles. The molecule has 2 rings (SSSR count). The minimum atomic E-state index is -3.78. The van der Waals surface area contributed by atoms with Crippen LogP contribution in [0.2, 0.25) is 5.02 Å². The lowest BCUT2D eigenvalue weighted by atomic mass is 10.2. The van der Waals surface area contributed by atoms with Crippen LogP contribution in [0, 0.1) is 11.3 Å². The SMILES string of the molecule is N#Cc1ccc(Cl)cc1S(=O)(=O)N1CCOC(CN)C1. The number of hydrogen-bond acceptors (Lipinski definition) is 5. The molecule has 0 aliphatic carbocycles. The molecular formula is C12H14ClN3O3S. The van der Waals surface area contributed by atoms with Crippen LogP contribution in [0.4, 0.5) is 0 Å². The van der Waals surface area contributed by atoms with Gasteiger partial charge in [-0.15, -0.1) is 0 Å². The lowest BCUT2D eigenvalue weighted by molar-refractivity contribution is 0.00450. The second-order valence-electron chi connectivity index (χ2n) is 4.34. The summed E-state index contributed by atoms with van der Waals surface area (Å²) in [7, 11) is -3.78. The normalized spacial score (nSPS) is 20.6. The second kappa shape index (κ2) is 6.08. The van der Waals surface area contributed by atoms with E-state index in [-0.39, 0.29) is 47.8 Å². The van der Waals surface area contributed by atoms with Gasteiger partial charge in [-0.3, -0.25) is 0 Å². The first-order valence-electron chi connectivity index (χ1n) is 6.00. The molecule has 1 aromatic rings. The lowest BCUT2D eigenvalue weighted by Gasteiger charge is -2.31. The largest absolute Gasteiger partial charge is 0.374 e. The third-order valence-corrected chi connectivity index (χ3v) is 5.19. The van der Waals surface area contributed by atoms with Crippen molar-refractivity contribution in [1.82, 2.24) is 4.31 Å². The van der Waals surface area contributed by atoms with Gasteiger partial charge in [0.1, 0.15) is 11.0 Å². The van der Waals surface area contributed by atoms with Crippen LogP contribution in [-0.4, -0.2) is 45.1 Å². The van der Waals surface area contributed by atoms with Crippen LogP contribution in [-0.2, 0) is 14.8 Å². The number of nitriles is 1. The summed E-state index contributed by atoms with van der Waals surface area (Å²) in [6, 6.07) is 6.05. The van der Waals surface area contributed by atoms with Gasteiger partial charge >= 0.3 is 0 Å². The molecule has 1 heterocycles. The summed E-state index contributed by atoms with van der Waals surface area (Å²) in [6.07, 6.45) is -0.330. The number of nitrogens with zero attached hydrogens (tertiary/aromatic N) is 2. The Bertz CT molecular complexity index is 642. The topological polar surface area (TPSA) is 96.4 Å². The van der Waals surface area contributed by atoms with Crippen molar-refractivity contribution in [2.75, 3.05) is 26.2 Å². The molecule has 0 aromatic heterocycles. The third-order valence-electron chi connectivity index (χ3n) is 3.05. The molecule has 0 amide bonds. The number of morpholine rings is 1. The molecule has 1 atom stereocenters. The van der Waals surface area contributed by atoms with Gasteiger partial charge in [0.05, 0.1) is 18.3 Å². The Morgan fingerprint density at radius 2 is 2.30 bits per heavy atom. The van der Waals surface area contributed by atoms with Gasteiger partial charge in [0.15, 0.2) is 0 Å². The number of sulfonamides is 1. The summed E-state index contributed by atoms with van der Waals surface area (Å²) in [6.45, 7) is 0.933. The first kappa shape index (κ1) is 15.2. The molecule has 0 bridgehead atoms. The average Bonchev–Trinajstić information content (AvgIpc) is 2.47. The van der Waals surface area contributed by atoms with E-state index in [0.29, 0.717) is 0 Å². The first-order chi connectivity index (χ1) is 9.48. The number of nitrogens with two attached hydrogens (primary N) is 1. The van der Waals surface area contributed by atoms with E-state index < -0.39 is 10.0 Å². The summed E-state index contributed by atoms with van der Waals surface area (Å²) in [5.74, 6) is 0. The molecule has 1 aliphatic rings. The fraction of sp³-hybridized carbons (Fsp3) is 0.417. The van der Waals surface area contributed by atoms with Crippen LogP contribution >= 0.6 is 11.6 Å². The minimum absolute atomic E-state index is 0.0743. The fourth-order valence-electron chi connectivity index (χ4n) is 1.99. The Labute approximate surface area is 122 Å². The Morgan fingerprint density at radius 1 is 1.55 bits per heavy atom. The van der Waals surface area contributed by atoms with Crippen molar-refractivity contribution >= 4 is 21.6 Å². The molecule has 1 unspecified atom stereocenters. The highest BCUT2D eigenvalue weighted by molar-refractivity contribution is 7.89. The first-order valence-corrected chi connectivity index (χ1v) is 7.82. The van der Waals surface area contributed by atoms with Crippen molar-refractivity contribution in [3.63, 3.8) is 0 Å². The van der Waals surface area contributed by atoms with E-state index in [1.807, 2.05) is 6.07 Å². The van der Waals surface area contributed by atoms with Crippen LogP contribution in [0.3, 0.4) is 0 Å². The number of halogens is 1. The Morgan fingerprint density at radius 3 is 2.95 bits per heavy atom. The molecule has 0 radical (unpaired) electrons. The van der Waals surface area contributed by atoms with Gasteiger partial charge in [0, 0.05) is 24.7 Å².